The number of nitrogens with one attached hydrogen (secondary N) is 1. The molecule has 0 atom stereocenters. The van der Waals surface area contributed by atoms with Gasteiger partial charge in [-0.2, -0.15) is 13.2 Å². The number of pyridine rings is 1. The summed E-state index contributed by atoms with van der Waals surface area (Å²) in [5.41, 5.74) is -3.53. The third-order valence-corrected chi connectivity index (χ3v) is 1.70. The number of hydrogen-bond acceptors (Lipinski definition) is 3. The van der Waals surface area contributed by atoms with Crippen LogP contribution in [0.2, 0.25) is 0 Å². The average molecular weight is 277 g/mol. The zero-order valence-corrected chi connectivity index (χ0v) is 8.57. The Balaban J connectivity index is 3.33. The molecule has 10 heteroatoms. The fourth-order valence-electron chi connectivity index (χ4n) is 1.12. The van der Waals surface area contributed by atoms with Gasteiger partial charge in [0.15, 0.2) is 5.56 Å². The smallest absolute Gasteiger partial charge is 0.496 e. The molecule has 0 aliphatic rings. The van der Waals surface area contributed by atoms with Crippen molar-refractivity contribution in [2.24, 2.45) is 0 Å². The monoisotopic (exact) mass is 277 g/mol. The number of methoxy groups -OCH3 is 1. The van der Waals surface area contributed by atoms with Gasteiger partial charge in [-0.15, -0.1) is 13.2 Å². The Labute approximate surface area is 95.1 Å². The molecule has 4 nitrogen and oxygen atoms in total. The predicted molar refractivity (Wildman–Crippen MR) is 45.3 cm³/mol. The molecule has 0 fully saturated rings. The molecular weight excluding hydrogens is 272 g/mol. The van der Waals surface area contributed by atoms with Crippen molar-refractivity contribution in [2.45, 2.75) is 12.5 Å². The summed E-state index contributed by atoms with van der Waals surface area (Å²) in [6, 6.07) is 0.289. The molecule has 0 saturated heterocycles. The van der Waals surface area contributed by atoms with Crippen LogP contribution in [0.5, 0.6) is 11.6 Å². The lowest BCUT2D eigenvalue weighted by Gasteiger charge is -2.13. The van der Waals surface area contributed by atoms with Crippen molar-refractivity contribution in [1.29, 1.82) is 0 Å². The second-order valence-corrected chi connectivity index (χ2v) is 2.95. The summed E-state index contributed by atoms with van der Waals surface area (Å²) in [4.78, 5) is 12.4. The van der Waals surface area contributed by atoms with Gasteiger partial charge in [-0.25, -0.2) is 0 Å². The highest BCUT2D eigenvalue weighted by Crippen LogP contribution is 2.35. The number of hydrogen-bond donors (Lipinski definition) is 1. The minimum atomic E-state index is -5.15. The van der Waals surface area contributed by atoms with Crippen molar-refractivity contribution in [3.63, 3.8) is 0 Å². The molecule has 0 amide bonds. The quantitative estimate of drug-likeness (QED) is 0.844. The van der Waals surface area contributed by atoms with E-state index in [9.17, 15) is 31.1 Å². The molecule has 102 valence electrons. The first-order valence-corrected chi connectivity index (χ1v) is 4.19. The summed E-state index contributed by atoms with van der Waals surface area (Å²) >= 11 is 0. The normalized spacial score (nSPS) is 12.4. The first kappa shape index (κ1) is 14.2. The van der Waals surface area contributed by atoms with E-state index in [-0.39, 0.29) is 6.07 Å². The zero-order chi connectivity index (χ0) is 14.1. The Morgan fingerprint density at radius 2 is 1.72 bits per heavy atom. The summed E-state index contributed by atoms with van der Waals surface area (Å²) < 4.78 is 80.2. The number of alkyl halides is 6. The van der Waals surface area contributed by atoms with Gasteiger partial charge in [-0.05, 0) is 0 Å². The van der Waals surface area contributed by atoms with Gasteiger partial charge in [0.25, 0.3) is 5.56 Å². The van der Waals surface area contributed by atoms with Crippen LogP contribution >= 0.6 is 0 Å². The molecule has 0 radical (unpaired) electrons. The topological polar surface area (TPSA) is 51.3 Å². The van der Waals surface area contributed by atoms with Gasteiger partial charge in [0, 0.05) is 6.07 Å². The molecule has 0 aromatic carbocycles. The van der Waals surface area contributed by atoms with Crippen LogP contribution in [-0.2, 0) is 6.18 Å². The lowest BCUT2D eigenvalue weighted by Crippen LogP contribution is -2.25. The fourth-order valence-corrected chi connectivity index (χ4v) is 1.12. The summed E-state index contributed by atoms with van der Waals surface area (Å²) in [5.74, 6) is -2.26. The number of H-pyrrole nitrogens is 1. The van der Waals surface area contributed by atoms with E-state index in [1.54, 1.807) is 0 Å². The first-order valence-electron chi connectivity index (χ1n) is 4.19. The molecule has 1 aromatic heterocycles. The fraction of sp³-hybridized carbons (Fsp3) is 0.375. The highest BCUT2D eigenvalue weighted by atomic mass is 19.4. The number of halogens is 6. The van der Waals surface area contributed by atoms with Gasteiger partial charge < -0.3 is 9.47 Å². The van der Waals surface area contributed by atoms with Crippen LogP contribution < -0.4 is 15.0 Å². The van der Waals surface area contributed by atoms with E-state index in [1.165, 1.54) is 4.98 Å². The summed E-state index contributed by atoms with van der Waals surface area (Å²) in [6.07, 6.45) is -10.2. The highest BCUT2D eigenvalue weighted by Gasteiger charge is 2.39. The third kappa shape index (κ3) is 3.31. The molecule has 18 heavy (non-hydrogen) atoms. The van der Waals surface area contributed by atoms with Crippen LogP contribution in [0.25, 0.3) is 0 Å². The highest BCUT2D eigenvalue weighted by molar-refractivity contribution is 5.37. The van der Waals surface area contributed by atoms with Crippen molar-refractivity contribution in [3.05, 3.63) is 22.0 Å². The molecule has 0 saturated carbocycles. The van der Waals surface area contributed by atoms with Gasteiger partial charge in [-0.3, -0.25) is 9.78 Å². The lowest BCUT2D eigenvalue weighted by atomic mass is 10.2. The second kappa shape index (κ2) is 4.42. The van der Waals surface area contributed by atoms with Gasteiger partial charge in [-0.1, -0.05) is 0 Å². The van der Waals surface area contributed by atoms with Crippen molar-refractivity contribution >= 4 is 0 Å². The van der Waals surface area contributed by atoms with Crippen molar-refractivity contribution in [2.75, 3.05) is 7.11 Å². The summed E-state index contributed by atoms with van der Waals surface area (Å²) in [6.45, 7) is 0. The molecule has 0 bridgehead atoms. The predicted octanol–water partition coefficient (Wildman–Crippen LogP) is 2.30. The molecule has 0 aliphatic carbocycles. The van der Waals surface area contributed by atoms with E-state index in [1.807, 2.05) is 0 Å². The Hall–Kier alpha value is -1.87. The van der Waals surface area contributed by atoms with Gasteiger partial charge in [0.2, 0.25) is 5.88 Å². The van der Waals surface area contributed by atoms with Crippen molar-refractivity contribution in [1.82, 2.24) is 4.98 Å². The SMILES string of the molecule is COc1cc(OC(F)(F)F)[nH]c(=O)c1C(F)(F)F. The maximum absolute atomic E-state index is 12.4. The van der Waals surface area contributed by atoms with Crippen molar-refractivity contribution < 1.29 is 35.8 Å². The van der Waals surface area contributed by atoms with Gasteiger partial charge in [0.1, 0.15) is 5.75 Å². The molecule has 1 aromatic rings. The molecule has 0 aliphatic heterocycles. The molecule has 1 rings (SSSR count). The number of ether oxygens (including phenoxy) is 2. The summed E-state index contributed by atoms with van der Waals surface area (Å²) in [7, 11) is 0.779. The van der Waals surface area contributed by atoms with Crippen molar-refractivity contribution in [3.8, 4) is 11.6 Å². The maximum atomic E-state index is 12.4. The van der Waals surface area contributed by atoms with Crippen LogP contribution in [0, 0.1) is 0 Å². The number of aromatic amines is 1. The van der Waals surface area contributed by atoms with Gasteiger partial charge in [0.05, 0.1) is 7.11 Å². The zero-order valence-electron chi connectivity index (χ0n) is 8.57. The maximum Gasteiger partial charge on any atom is 0.574 e. The van der Waals surface area contributed by atoms with Crippen LogP contribution in [0.4, 0.5) is 26.3 Å². The molecular formula is C8H5F6NO3. The minimum Gasteiger partial charge on any atom is -0.496 e. The van der Waals surface area contributed by atoms with Crippen LogP contribution in [0.1, 0.15) is 5.56 Å². The second-order valence-electron chi connectivity index (χ2n) is 2.95. The van der Waals surface area contributed by atoms with E-state index in [0.29, 0.717) is 0 Å². The lowest BCUT2D eigenvalue weighted by molar-refractivity contribution is -0.276. The summed E-state index contributed by atoms with van der Waals surface area (Å²) in [5, 5.41) is 0. The minimum absolute atomic E-state index is 0.289. The van der Waals surface area contributed by atoms with E-state index < -0.39 is 35.3 Å². The Morgan fingerprint density at radius 1 is 1.17 bits per heavy atom. The molecule has 1 heterocycles. The first-order chi connectivity index (χ1) is 8.04. The number of rotatable bonds is 2. The Morgan fingerprint density at radius 3 is 2.11 bits per heavy atom. The molecule has 0 spiro atoms. The van der Waals surface area contributed by atoms with Crippen LogP contribution in [0.15, 0.2) is 10.9 Å². The average Bonchev–Trinajstić information content (AvgIpc) is 2.11. The van der Waals surface area contributed by atoms with Gasteiger partial charge >= 0.3 is 12.5 Å². The van der Waals surface area contributed by atoms with E-state index in [2.05, 4.69) is 9.47 Å². The van der Waals surface area contributed by atoms with Crippen LogP contribution in [0.3, 0.4) is 0 Å². The third-order valence-electron chi connectivity index (χ3n) is 1.70. The molecule has 0 unspecified atom stereocenters. The standard InChI is InChI=1S/C8H5F6NO3/c1-17-3-2-4(18-8(12,13)14)15-6(16)5(3)7(9,10)11/h2H,1H3,(H,15,16). The van der Waals surface area contributed by atoms with Crippen LogP contribution in [-0.4, -0.2) is 18.5 Å². The number of aromatic nitrogens is 1. The van der Waals surface area contributed by atoms with E-state index in [4.69, 9.17) is 0 Å². The largest absolute Gasteiger partial charge is 0.574 e. The Bertz CT molecular complexity index is 489. The van der Waals surface area contributed by atoms with E-state index >= 15 is 0 Å². The molecule has 1 N–H and O–H groups in total. The Kier molecular flexibility index (Phi) is 3.49. The van der Waals surface area contributed by atoms with E-state index in [0.717, 1.165) is 7.11 Å².